The zero-order valence-electron chi connectivity index (χ0n) is 10.3. The van der Waals surface area contributed by atoms with E-state index in [9.17, 15) is 0 Å². The summed E-state index contributed by atoms with van der Waals surface area (Å²) in [5.74, 6) is 0. The maximum Gasteiger partial charge on any atom is 0.0243 e. The number of piperidine rings is 1. The van der Waals surface area contributed by atoms with Gasteiger partial charge in [0, 0.05) is 12.6 Å². The molecule has 84 valence electrons. The molecule has 0 saturated carbocycles. The van der Waals surface area contributed by atoms with Crippen molar-refractivity contribution in [1.82, 2.24) is 10.2 Å². The summed E-state index contributed by atoms with van der Waals surface area (Å²) in [6, 6.07) is 0.660. The Morgan fingerprint density at radius 2 is 2.14 bits per heavy atom. The van der Waals surface area contributed by atoms with Gasteiger partial charge in [-0.2, -0.15) is 0 Å². The molecule has 1 heterocycles. The zero-order valence-corrected chi connectivity index (χ0v) is 10.3. The predicted octanol–water partition coefficient (Wildman–Crippen LogP) is 2.11. The Morgan fingerprint density at radius 3 is 2.71 bits per heavy atom. The zero-order chi connectivity index (χ0) is 10.6. The molecule has 1 fully saturated rings. The molecule has 0 amide bonds. The van der Waals surface area contributed by atoms with E-state index in [0.717, 1.165) is 0 Å². The minimum absolute atomic E-state index is 0.470. The summed E-state index contributed by atoms with van der Waals surface area (Å²) in [6.07, 6.45) is 3.98. The molecular formula is C12H26N2. The number of nitrogens with zero attached hydrogens (tertiary/aromatic N) is 1. The first-order chi connectivity index (χ1) is 6.60. The molecule has 0 radical (unpaired) electrons. The van der Waals surface area contributed by atoms with Crippen molar-refractivity contribution in [1.29, 1.82) is 0 Å². The van der Waals surface area contributed by atoms with Gasteiger partial charge in [-0.05, 0) is 38.4 Å². The first kappa shape index (κ1) is 12.0. The van der Waals surface area contributed by atoms with Gasteiger partial charge in [-0.3, -0.25) is 0 Å². The number of hydrogen-bond acceptors (Lipinski definition) is 2. The van der Waals surface area contributed by atoms with E-state index in [1.807, 2.05) is 0 Å². The number of nitrogens with one attached hydrogen (secondary N) is 1. The fourth-order valence-corrected chi connectivity index (χ4v) is 2.28. The number of unbranched alkanes of at least 4 members (excludes halogenated alkanes) is 1. The SMILES string of the molecule is CCCCN1CCC(C)(C)C(NC)C1. The topological polar surface area (TPSA) is 15.3 Å². The average molecular weight is 198 g/mol. The first-order valence-electron chi connectivity index (χ1n) is 5.99. The molecule has 1 rings (SSSR count). The van der Waals surface area contributed by atoms with Gasteiger partial charge < -0.3 is 10.2 Å². The van der Waals surface area contributed by atoms with Crippen LogP contribution in [0.1, 0.15) is 40.0 Å². The second-order valence-electron chi connectivity index (χ2n) is 5.23. The predicted molar refractivity (Wildman–Crippen MR) is 62.6 cm³/mol. The van der Waals surface area contributed by atoms with E-state index in [-0.39, 0.29) is 0 Å². The largest absolute Gasteiger partial charge is 0.315 e. The summed E-state index contributed by atoms with van der Waals surface area (Å²) in [7, 11) is 2.09. The Hall–Kier alpha value is -0.0800. The van der Waals surface area contributed by atoms with E-state index in [0.29, 0.717) is 11.5 Å². The van der Waals surface area contributed by atoms with Gasteiger partial charge in [0.25, 0.3) is 0 Å². The fourth-order valence-electron chi connectivity index (χ4n) is 2.28. The van der Waals surface area contributed by atoms with Crippen LogP contribution in [0.25, 0.3) is 0 Å². The van der Waals surface area contributed by atoms with Crippen molar-refractivity contribution in [3.63, 3.8) is 0 Å². The Bertz CT molecular complexity index is 166. The van der Waals surface area contributed by atoms with E-state index < -0.39 is 0 Å². The quantitative estimate of drug-likeness (QED) is 0.744. The molecule has 0 aromatic rings. The van der Waals surface area contributed by atoms with Gasteiger partial charge in [0.2, 0.25) is 0 Å². The van der Waals surface area contributed by atoms with E-state index in [1.54, 1.807) is 0 Å². The Morgan fingerprint density at radius 1 is 1.43 bits per heavy atom. The lowest BCUT2D eigenvalue weighted by Gasteiger charge is -2.44. The van der Waals surface area contributed by atoms with Gasteiger partial charge in [0.1, 0.15) is 0 Å². The van der Waals surface area contributed by atoms with Crippen LogP contribution in [-0.4, -0.2) is 37.6 Å². The Kier molecular flexibility index (Phi) is 4.39. The third-order valence-corrected chi connectivity index (χ3v) is 3.63. The molecule has 1 aliphatic heterocycles. The number of likely N-dealkylation sites (N-methyl/N-ethyl adjacent to an activating group) is 1. The molecule has 2 heteroatoms. The lowest BCUT2D eigenvalue weighted by molar-refractivity contribution is 0.0890. The van der Waals surface area contributed by atoms with Crippen LogP contribution >= 0.6 is 0 Å². The third kappa shape index (κ3) is 2.96. The van der Waals surface area contributed by atoms with E-state index in [2.05, 4.69) is 38.0 Å². The molecule has 1 unspecified atom stereocenters. The van der Waals surface area contributed by atoms with Gasteiger partial charge in [-0.1, -0.05) is 27.2 Å². The van der Waals surface area contributed by atoms with Crippen molar-refractivity contribution in [2.75, 3.05) is 26.7 Å². The lowest BCUT2D eigenvalue weighted by atomic mass is 9.78. The second kappa shape index (κ2) is 5.13. The van der Waals surface area contributed by atoms with Crippen LogP contribution < -0.4 is 5.32 Å². The summed E-state index contributed by atoms with van der Waals surface area (Å²) in [4.78, 5) is 2.61. The molecule has 0 spiro atoms. The highest BCUT2D eigenvalue weighted by molar-refractivity contribution is 4.90. The van der Waals surface area contributed by atoms with Crippen LogP contribution in [0, 0.1) is 5.41 Å². The Labute approximate surface area is 89.1 Å². The molecule has 1 N–H and O–H groups in total. The summed E-state index contributed by atoms with van der Waals surface area (Å²) >= 11 is 0. The molecule has 0 aromatic carbocycles. The molecule has 0 aliphatic carbocycles. The Balaban J connectivity index is 2.40. The van der Waals surface area contributed by atoms with Crippen molar-refractivity contribution in [2.24, 2.45) is 5.41 Å². The third-order valence-electron chi connectivity index (χ3n) is 3.63. The standard InChI is InChI=1S/C12H26N2/c1-5-6-8-14-9-7-12(2,3)11(10-14)13-4/h11,13H,5-10H2,1-4H3. The monoisotopic (exact) mass is 198 g/mol. The molecule has 0 bridgehead atoms. The van der Waals surface area contributed by atoms with Gasteiger partial charge >= 0.3 is 0 Å². The van der Waals surface area contributed by atoms with Gasteiger partial charge in [0.05, 0.1) is 0 Å². The smallest absolute Gasteiger partial charge is 0.0243 e. The summed E-state index contributed by atoms with van der Waals surface area (Å²) in [5, 5.41) is 3.46. The molecule has 1 atom stereocenters. The second-order valence-corrected chi connectivity index (χ2v) is 5.23. The fraction of sp³-hybridized carbons (Fsp3) is 1.00. The van der Waals surface area contributed by atoms with Crippen molar-refractivity contribution >= 4 is 0 Å². The number of rotatable bonds is 4. The van der Waals surface area contributed by atoms with Gasteiger partial charge in [-0.15, -0.1) is 0 Å². The lowest BCUT2D eigenvalue weighted by Crippen LogP contribution is -2.54. The highest BCUT2D eigenvalue weighted by Crippen LogP contribution is 2.30. The van der Waals surface area contributed by atoms with Gasteiger partial charge in [0.15, 0.2) is 0 Å². The number of hydrogen-bond donors (Lipinski definition) is 1. The average Bonchev–Trinajstić information content (AvgIpc) is 2.16. The normalized spacial score (nSPS) is 27.9. The summed E-state index contributed by atoms with van der Waals surface area (Å²) in [6.45, 7) is 10.8. The van der Waals surface area contributed by atoms with Crippen LogP contribution in [0.15, 0.2) is 0 Å². The highest BCUT2D eigenvalue weighted by Gasteiger charge is 2.33. The van der Waals surface area contributed by atoms with Crippen LogP contribution in [0.3, 0.4) is 0 Å². The molecule has 0 aromatic heterocycles. The first-order valence-corrected chi connectivity index (χ1v) is 5.99. The van der Waals surface area contributed by atoms with Crippen molar-refractivity contribution in [3.8, 4) is 0 Å². The van der Waals surface area contributed by atoms with Crippen LogP contribution in [0.5, 0.6) is 0 Å². The molecule has 1 aliphatic rings. The summed E-state index contributed by atoms with van der Waals surface area (Å²) in [5.41, 5.74) is 0.470. The summed E-state index contributed by atoms with van der Waals surface area (Å²) < 4.78 is 0. The van der Waals surface area contributed by atoms with Crippen molar-refractivity contribution in [2.45, 2.75) is 46.1 Å². The van der Waals surface area contributed by atoms with E-state index in [1.165, 1.54) is 38.9 Å². The van der Waals surface area contributed by atoms with Crippen molar-refractivity contribution < 1.29 is 0 Å². The minimum atomic E-state index is 0.470. The maximum atomic E-state index is 3.46. The molecule has 1 saturated heterocycles. The maximum absolute atomic E-state index is 3.46. The number of likely N-dealkylation sites (tertiary alicyclic amines) is 1. The molecular weight excluding hydrogens is 172 g/mol. The minimum Gasteiger partial charge on any atom is -0.315 e. The molecule has 2 nitrogen and oxygen atoms in total. The highest BCUT2D eigenvalue weighted by atomic mass is 15.2. The van der Waals surface area contributed by atoms with E-state index >= 15 is 0 Å². The van der Waals surface area contributed by atoms with Crippen LogP contribution in [-0.2, 0) is 0 Å². The van der Waals surface area contributed by atoms with Crippen LogP contribution in [0.4, 0.5) is 0 Å². The van der Waals surface area contributed by atoms with Gasteiger partial charge in [-0.25, -0.2) is 0 Å². The van der Waals surface area contributed by atoms with Crippen molar-refractivity contribution in [3.05, 3.63) is 0 Å². The van der Waals surface area contributed by atoms with E-state index in [4.69, 9.17) is 0 Å². The van der Waals surface area contributed by atoms with Crippen LogP contribution in [0.2, 0.25) is 0 Å². The molecule has 14 heavy (non-hydrogen) atoms.